The van der Waals surface area contributed by atoms with Crippen LogP contribution in [0.1, 0.15) is 25.3 Å². The van der Waals surface area contributed by atoms with Gasteiger partial charge in [-0.3, -0.25) is 9.69 Å². The average molecular weight is 458 g/mol. The summed E-state index contributed by atoms with van der Waals surface area (Å²) in [7, 11) is 1.59. The fourth-order valence-electron chi connectivity index (χ4n) is 2.88. The number of carbonyl (C=O) groups excluding carboxylic acids is 1. The molecule has 0 bridgehead atoms. The van der Waals surface area contributed by atoms with Crippen LogP contribution >= 0.6 is 39.9 Å². The van der Waals surface area contributed by atoms with Gasteiger partial charge in [0.15, 0.2) is 11.5 Å². The molecule has 0 unspecified atom stereocenters. The maximum absolute atomic E-state index is 12.8. The number of ether oxygens (including phenoxy) is 3. The second-order valence-electron chi connectivity index (χ2n) is 5.88. The molecule has 0 radical (unpaired) electrons. The van der Waals surface area contributed by atoms with Gasteiger partial charge >= 0.3 is 0 Å². The molecule has 2 saturated heterocycles. The highest BCUT2D eigenvalue weighted by molar-refractivity contribution is 9.10. The highest BCUT2D eigenvalue weighted by Gasteiger charge is 2.34. The van der Waals surface area contributed by atoms with Crippen molar-refractivity contribution < 1.29 is 19.0 Å². The standard InChI is InChI=1S/C18H20BrNO4S2/c1-3-23-15-9-13(19)11(7-14(15)22-2)8-16-17(21)20(18(25)26-16)10-12-5-4-6-24-12/h7-9,12H,3-6,10H2,1-2H3/b16-8-/t12-/m0/s1. The molecule has 2 heterocycles. The molecule has 8 heteroatoms. The van der Waals surface area contributed by atoms with E-state index in [0.717, 1.165) is 29.5 Å². The fourth-order valence-corrected chi connectivity index (χ4v) is 4.58. The molecule has 140 valence electrons. The predicted octanol–water partition coefficient (Wildman–Crippen LogP) is 4.24. The maximum Gasteiger partial charge on any atom is 0.266 e. The van der Waals surface area contributed by atoms with Gasteiger partial charge in [0.05, 0.1) is 31.3 Å². The van der Waals surface area contributed by atoms with Crippen LogP contribution in [0.25, 0.3) is 6.08 Å². The van der Waals surface area contributed by atoms with Crippen molar-refractivity contribution in [2.24, 2.45) is 0 Å². The first-order valence-electron chi connectivity index (χ1n) is 8.40. The van der Waals surface area contributed by atoms with Crippen LogP contribution in [0.2, 0.25) is 0 Å². The molecule has 26 heavy (non-hydrogen) atoms. The van der Waals surface area contributed by atoms with Crippen LogP contribution in [-0.4, -0.2) is 48.1 Å². The Labute approximate surface area is 171 Å². The molecule has 1 aromatic rings. The lowest BCUT2D eigenvalue weighted by Crippen LogP contribution is -2.35. The molecular weight excluding hydrogens is 438 g/mol. The lowest BCUT2D eigenvalue weighted by molar-refractivity contribution is -0.123. The molecule has 2 fully saturated rings. The van der Waals surface area contributed by atoms with Gasteiger partial charge < -0.3 is 14.2 Å². The van der Waals surface area contributed by atoms with E-state index in [9.17, 15) is 4.79 Å². The fraction of sp³-hybridized carbons (Fsp3) is 0.444. The van der Waals surface area contributed by atoms with Crippen LogP contribution < -0.4 is 9.47 Å². The smallest absolute Gasteiger partial charge is 0.266 e. The van der Waals surface area contributed by atoms with E-state index in [1.165, 1.54) is 11.8 Å². The Bertz CT molecular complexity index is 747. The zero-order valence-corrected chi connectivity index (χ0v) is 17.8. The third kappa shape index (κ3) is 4.24. The molecule has 0 saturated carbocycles. The van der Waals surface area contributed by atoms with E-state index >= 15 is 0 Å². The number of methoxy groups -OCH3 is 1. The highest BCUT2D eigenvalue weighted by atomic mass is 79.9. The Balaban J connectivity index is 1.83. The molecule has 0 aromatic heterocycles. The van der Waals surface area contributed by atoms with Gasteiger partial charge in [0.1, 0.15) is 4.32 Å². The van der Waals surface area contributed by atoms with Crippen LogP contribution in [0.3, 0.4) is 0 Å². The topological polar surface area (TPSA) is 48.0 Å². The van der Waals surface area contributed by atoms with Gasteiger partial charge in [-0.1, -0.05) is 39.9 Å². The second-order valence-corrected chi connectivity index (χ2v) is 8.42. The first-order chi connectivity index (χ1) is 12.5. The van der Waals surface area contributed by atoms with E-state index in [1.54, 1.807) is 12.0 Å². The van der Waals surface area contributed by atoms with Gasteiger partial charge in [-0.25, -0.2) is 0 Å². The highest BCUT2D eigenvalue weighted by Crippen LogP contribution is 2.38. The summed E-state index contributed by atoms with van der Waals surface area (Å²) >= 11 is 10.3. The normalized spacial score (nSPS) is 21.7. The van der Waals surface area contributed by atoms with E-state index in [-0.39, 0.29) is 12.0 Å². The van der Waals surface area contributed by atoms with Gasteiger partial charge in [0.2, 0.25) is 0 Å². The Hall–Kier alpha value is -1.09. The van der Waals surface area contributed by atoms with Crippen molar-refractivity contribution in [1.82, 2.24) is 4.90 Å². The van der Waals surface area contributed by atoms with Crippen molar-refractivity contribution in [3.05, 3.63) is 27.1 Å². The largest absolute Gasteiger partial charge is 0.493 e. The Kier molecular flexibility index (Phi) is 6.60. The number of nitrogens with zero attached hydrogens (tertiary/aromatic N) is 1. The number of thioether (sulfide) groups is 1. The molecule has 3 rings (SSSR count). The van der Waals surface area contributed by atoms with Crippen molar-refractivity contribution in [1.29, 1.82) is 0 Å². The van der Waals surface area contributed by atoms with Crippen LogP contribution in [-0.2, 0) is 9.53 Å². The number of halogens is 1. The van der Waals surface area contributed by atoms with Crippen LogP contribution in [0.15, 0.2) is 21.5 Å². The van der Waals surface area contributed by atoms with Crippen molar-refractivity contribution >= 4 is 56.2 Å². The molecule has 2 aliphatic heterocycles. The predicted molar refractivity (Wildman–Crippen MR) is 111 cm³/mol. The summed E-state index contributed by atoms with van der Waals surface area (Å²) < 4.78 is 18.0. The zero-order chi connectivity index (χ0) is 18.7. The monoisotopic (exact) mass is 457 g/mol. The van der Waals surface area contributed by atoms with E-state index in [1.807, 2.05) is 25.1 Å². The number of thiocarbonyl (C=S) groups is 1. The maximum atomic E-state index is 12.8. The van der Waals surface area contributed by atoms with Gasteiger partial charge in [-0.15, -0.1) is 0 Å². The van der Waals surface area contributed by atoms with E-state index in [0.29, 0.717) is 33.9 Å². The first kappa shape index (κ1) is 19.7. The summed E-state index contributed by atoms with van der Waals surface area (Å²) in [4.78, 5) is 15.0. The van der Waals surface area contributed by atoms with Gasteiger partial charge in [0.25, 0.3) is 5.91 Å². The van der Waals surface area contributed by atoms with Crippen molar-refractivity contribution in [2.45, 2.75) is 25.9 Å². The summed E-state index contributed by atoms with van der Waals surface area (Å²) in [6, 6.07) is 3.70. The number of carbonyl (C=O) groups is 1. The quantitative estimate of drug-likeness (QED) is 0.470. The van der Waals surface area contributed by atoms with E-state index in [2.05, 4.69) is 15.9 Å². The summed E-state index contributed by atoms with van der Waals surface area (Å²) in [5.74, 6) is 1.20. The molecule has 2 aliphatic rings. The molecule has 1 atom stereocenters. The average Bonchev–Trinajstić information content (AvgIpc) is 3.22. The summed E-state index contributed by atoms with van der Waals surface area (Å²) in [5.41, 5.74) is 0.836. The third-order valence-electron chi connectivity index (χ3n) is 4.15. The molecular formula is C18H20BrNO4S2. The molecule has 0 N–H and O–H groups in total. The second kappa shape index (κ2) is 8.73. The molecule has 1 aromatic carbocycles. The van der Waals surface area contributed by atoms with Crippen LogP contribution in [0.5, 0.6) is 11.5 Å². The number of hydrogen-bond acceptors (Lipinski definition) is 6. The Morgan fingerprint density at radius 3 is 2.92 bits per heavy atom. The number of amides is 1. The van der Waals surface area contributed by atoms with Crippen LogP contribution in [0, 0.1) is 0 Å². The Morgan fingerprint density at radius 1 is 1.46 bits per heavy atom. The van der Waals surface area contributed by atoms with E-state index in [4.69, 9.17) is 26.4 Å². The SMILES string of the molecule is CCOc1cc(Br)c(/C=C2\SC(=S)N(C[C@@H]3CCCO3)C2=O)cc1OC. The number of benzene rings is 1. The van der Waals surface area contributed by atoms with Crippen molar-refractivity contribution in [3.8, 4) is 11.5 Å². The lowest BCUT2D eigenvalue weighted by Gasteiger charge is -2.18. The molecule has 0 aliphatic carbocycles. The zero-order valence-electron chi connectivity index (χ0n) is 14.6. The Morgan fingerprint density at radius 2 is 2.27 bits per heavy atom. The summed E-state index contributed by atoms with van der Waals surface area (Å²) in [5, 5.41) is 0. The molecule has 1 amide bonds. The minimum absolute atomic E-state index is 0.0738. The minimum Gasteiger partial charge on any atom is -0.493 e. The van der Waals surface area contributed by atoms with Gasteiger partial charge in [-0.05, 0) is 43.5 Å². The number of hydrogen-bond donors (Lipinski definition) is 0. The number of rotatable bonds is 6. The van der Waals surface area contributed by atoms with Gasteiger partial charge in [-0.2, -0.15) is 0 Å². The summed E-state index contributed by atoms with van der Waals surface area (Å²) in [6.45, 7) is 3.74. The third-order valence-corrected chi connectivity index (χ3v) is 6.22. The summed E-state index contributed by atoms with van der Waals surface area (Å²) in [6.07, 6.45) is 3.91. The lowest BCUT2D eigenvalue weighted by atomic mass is 10.1. The molecule has 5 nitrogen and oxygen atoms in total. The molecule has 0 spiro atoms. The first-order valence-corrected chi connectivity index (χ1v) is 10.4. The van der Waals surface area contributed by atoms with E-state index < -0.39 is 0 Å². The van der Waals surface area contributed by atoms with Crippen LogP contribution in [0.4, 0.5) is 0 Å². The van der Waals surface area contributed by atoms with Crippen molar-refractivity contribution in [2.75, 3.05) is 26.9 Å². The van der Waals surface area contributed by atoms with Gasteiger partial charge in [0, 0.05) is 11.1 Å². The van der Waals surface area contributed by atoms with Crippen molar-refractivity contribution in [3.63, 3.8) is 0 Å². The minimum atomic E-state index is -0.0738.